The Bertz CT molecular complexity index is 581. The van der Waals surface area contributed by atoms with Gasteiger partial charge in [0.1, 0.15) is 0 Å². The second-order valence-electron chi connectivity index (χ2n) is 5.86. The first-order valence-electron chi connectivity index (χ1n) is 7.78. The van der Waals surface area contributed by atoms with Gasteiger partial charge in [-0.2, -0.15) is 4.98 Å². The van der Waals surface area contributed by atoms with Gasteiger partial charge < -0.3 is 19.9 Å². The number of methoxy groups -OCH3 is 1. The van der Waals surface area contributed by atoms with Crippen LogP contribution >= 0.6 is 0 Å². The molecular weight excluding hydrogens is 296 g/mol. The van der Waals surface area contributed by atoms with Gasteiger partial charge in [0, 0.05) is 45.1 Å². The van der Waals surface area contributed by atoms with E-state index < -0.39 is 0 Å². The zero-order chi connectivity index (χ0) is 17.0. The maximum atomic E-state index is 12.0. The predicted molar refractivity (Wildman–Crippen MR) is 88.7 cm³/mol. The molecule has 0 saturated carbocycles. The van der Waals surface area contributed by atoms with E-state index in [-0.39, 0.29) is 17.7 Å². The number of pyridine rings is 1. The van der Waals surface area contributed by atoms with Crippen molar-refractivity contribution in [3.63, 3.8) is 0 Å². The van der Waals surface area contributed by atoms with Crippen molar-refractivity contribution in [3.05, 3.63) is 12.1 Å². The largest absolute Gasteiger partial charge is 0.481 e. The van der Waals surface area contributed by atoms with E-state index >= 15 is 0 Å². The molecule has 7 nitrogen and oxygen atoms in total. The lowest BCUT2D eigenvalue weighted by atomic mass is 10.2. The third kappa shape index (κ3) is 4.12. The molecule has 1 N–H and O–H groups in total. The van der Waals surface area contributed by atoms with Crippen LogP contribution in [0.3, 0.4) is 0 Å². The van der Waals surface area contributed by atoms with Crippen LogP contribution in [-0.4, -0.2) is 55.0 Å². The van der Waals surface area contributed by atoms with Crippen LogP contribution in [0.25, 0.3) is 0 Å². The number of nitrogens with zero attached hydrogens (tertiary/aromatic N) is 3. The standard InChI is InChI=1S/C16H24N4O3/c1-11(2)16(22)17-13-5-6-14(23-4)18-15(13)20-9-7-19(8-10-20)12(3)21/h5-6,11H,7-10H2,1-4H3,(H,17,22). The number of carbonyl (C=O) groups is 2. The van der Waals surface area contributed by atoms with Gasteiger partial charge in [-0.15, -0.1) is 0 Å². The smallest absolute Gasteiger partial charge is 0.227 e. The third-order valence-electron chi connectivity index (χ3n) is 3.87. The van der Waals surface area contributed by atoms with Crippen LogP contribution in [0.4, 0.5) is 11.5 Å². The van der Waals surface area contributed by atoms with Gasteiger partial charge in [0.15, 0.2) is 5.82 Å². The molecule has 0 aliphatic carbocycles. The molecule has 1 aliphatic heterocycles. The van der Waals surface area contributed by atoms with E-state index in [1.54, 1.807) is 26.2 Å². The average Bonchev–Trinajstić information content (AvgIpc) is 2.55. The van der Waals surface area contributed by atoms with Crippen molar-refractivity contribution < 1.29 is 14.3 Å². The highest BCUT2D eigenvalue weighted by Gasteiger charge is 2.23. The Morgan fingerprint density at radius 3 is 2.39 bits per heavy atom. The number of aromatic nitrogens is 1. The second kappa shape index (κ2) is 7.30. The summed E-state index contributed by atoms with van der Waals surface area (Å²) in [5.74, 6) is 1.09. The number of nitrogens with one attached hydrogen (secondary N) is 1. The summed E-state index contributed by atoms with van der Waals surface area (Å²) < 4.78 is 5.20. The molecule has 1 aliphatic rings. The first kappa shape index (κ1) is 17.1. The van der Waals surface area contributed by atoms with Gasteiger partial charge in [-0.05, 0) is 6.07 Å². The molecule has 0 bridgehead atoms. The number of carbonyl (C=O) groups excluding carboxylic acids is 2. The van der Waals surface area contributed by atoms with Gasteiger partial charge in [0.2, 0.25) is 17.7 Å². The van der Waals surface area contributed by atoms with Crippen molar-refractivity contribution in [1.82, 2.24) is 9.88 Å². The Labute approximate surface area is 136 Å². The maximum absolute atomic E-state index is 12.0. The van der Waals surface area contributed by atoms with Crippen molar-refractivity contribution in [2.75, 3.05) is 43.5 Å². The zero-order valence-corrected chi connectivity index (χ0v) is 14.1. The fraction of sp³-hybridized carbons (Fsp3) is 0.562. The average molecular weight is 320 g/mol. The summed E-state index contributed by atoms with van der Waals surface area (Å²) in [6.45, 7) is 7.90. The lowest BCUT2D eigenvalue weighted by molar-refractivity contribution is -0.129. The summed E-state index contributed by atoms with van der Waals surface area (Å²) in [5, 5.41) is 2.91. The molecule has 1 aromatic rings. The topological polar surface area (TPSA) is 74.8 Å². The molecule has 2 heterocycles. The van der Waals surface area contributed by atoms with Gasteiger partial charge in [0.25, 0.3) is 0 Å². The summed E-state index contributed by atoms with van der Waals surface area (Å²) in [5.41, 5.74) is 0.667. The molecule has 0 atom stereocenters. The molecule has 1 saturated heterocycles. The van der Waals surface area contributed by atoms with Gasteiger partial charge in [-0.1, -0.05) is 13.8 Å². The SMILES string of the molecule is COc1ccc(NC(=O)C(C)C)c(N2CCN(C(C)=O)CC2)n1. The van der Waals surface area contributed by atoms with E-state index in [9.17, 15) is 9.59 Å². The monoisotopic (exact) mass is 320 g/mol. The van der Waals surface area contributed by atoms with E-state index in [1.165, 1.54) is 0 Å². The highest BCUT2D eigenvalue weighted by atomic mass is 16.5. The van der Waals surface area contributed by atoms with Crippen LogP contribution in [-0.2, 0) is 9.59 Å². The summed E-state index contributed by atoms with van der Waals surface area (Å²) >= 11 is 0. The molecule has 0 radical (unpaired) electrons. The van der Waals surface area contributed by atoms with Crippen LogP contribution in [0.2, 0.25) is 0 Å². The van der Waals surface area contributed by atoms with E-state index in [0.29, 0.717) is 43.6 Å². The molecule has 1 fully saturated rings. The zero-order valence-electron chi connectivity index (χ0n) is 14.1. The number of anilines is 2. The Balaban J connectivity index is 2.21. The maximum Gasteiger partial charge on any atom is 0.227 e. The minimum Gasteiger partial charge on any atom is -0.481 e. The molecule has 0 aromatic carbocycles. The van der Waals surface area contributed by atoms with E-state index in [4.69, 9.17) is 4.74 Å². The van der Waals surface area contributed by atoms with Crippen molar-refractivity contribution >= 4 is 23.3 Å². The van der Waals surface area contributed by atoms with Gasteiger partial charge in [-0.25, -0.2) is 0 Å². The summed E-state index contributed by atoms with van der Waals surface area (Å²) in [4.78, 5) is 31.8. The number of piperazine rings is 1. The summed E-state index contributed by atoms with van der Waals surface area (Å²) in [6, 6.07) is 3.53. The fourth-order valence-electron chi connectivity index (χ4n) is 2.39. The first-order valence-corrected chi connectivity index (χ1v) is 7.78. The highest BCUT2D eigenvalue weighted by Crippen LogP contribution is 2.28. The Hall–Kier alpha value is -2.31. The lowest BCUT2D eigenvalue weighted by Crippen LogP contribution is -2.48. The molecule has 23 heavy (non-hydrogen) atoms. The van der Waals surface area contributed by atoms with E-state index in [2.05, 4.69) is 15.2 Å². The second-order valence-corrected chi connectivity index (χ2v) is 5.86. The molecule has 126 valence electrons. The van der Waals surface area contributed by atoms with Crippen molar-refractivity contribution in [3.8, 4) is 5.88 Å². The van der Waals surface area contributed by atoms with E-state index in [1.807, 2.05) is 18.7 Å². The third-order valence-corrected chi connectivity index (χ3v) is 3.87. The first-order chi connectivity index (χ1) is 10.9. The van der Waals surface area contributed by atoms with Gasteiger partial charge >= 0.3 is 0 Å². The molecule has 2 rings (SSSR count). The van der Waals surface area contributed by atoms with Crippen LogP contribution < -0.4 is 15.0 Å². The summed E-state index contributed by atoms with van der Waals surface area (Å²) in [7, 11) is 1.56. The highest BCUT2D eigenvalue weighted by molar-refractivity contribution is 5.94. The Morgan fingerprint density at radius 2 is 1.87 bits per heavy atom. The normalized spacial score (nSPS) is 14.8. The molecular formula is C16H24N4O3. The Kier molecular flexibility index (Phi) is 5.41. The quantitative estimate of drug-likeness (QED) is 0.906. The van der Waals surface area contributed by atoms with Crippen molar-refractivity contribution in [2.24, 2.45) is 5.92 Å². The molecule has 2 amide bonds. The lowest BCUT2D eigenvalue weighted by Gasteiger charge is -2.35. The van der Waals surface area contributed by atoms with Crippen LogP contribution in [0.1, 0.15) is 20.8 Å². The summed E-state index contributed by atoms with van der Waals surface area (Å²) in [6.07, 6.45) is 0. The van der Waals surface area contributed by atoms with Crippen LogP contribution in [0.15, 0.2) is 12.1 Å². The number of hydrogen-bond donors (Lipinski definition) is 1. The minimum absolute atomic E-state index is 0.0550. The van der Waals surface area contributed by atoms with Crippen molar-refractivity contribution in [2.45, 2.75) is 20.8 Å². The fourth-order valence-corrected chi connectivity index (χ4v) is 2.39. The minimum atomic E-state index is -0.112. The van der Waals surface area contributed by atoms with Crippen molar-refractivity contribution in [1.29, 1.82) is 0 Å². The molecule has 0 unspecified atom stereocenters. The number of ether oxygens (including phenoxy) is 1. The number of amides is 2. The van der Waals surface area contributed by atoms with Gasteiger partial charge in [-0.3, -0.25) is 9.59 Å². The molecule has 0 spiro atoms. The Morgan fingerprint density at radius 1 is 1.22 bits per heavy atom. The molecule has 1 aromatic heterocycles. The number of hydrogen-bond acceptors (Lipinski definition) is 5. The molecule has 7 heteroatoms. The van der Waals surface area contributed by atoms with E-state index in [0.717, 1.165) is 0 Å². The number of rotatable bonds is 4. The van der Waals surface area contributed by atoms with Crippen LogP contribution in [0, 0.1) is 5.92 Å². The van der Waals surface area contributed by atoms with Crippen LogP contribution in [0.5, 0.6) is 5.88 Å². The van der Waals surface area contributed by atoms with Gasteiger partial charge in [0.05, 0.1) is 12.8 Å². The predicted octanol–water partition coefficient (Wildman–Crippen LogP) is 1.35.